The molecule has 0 saturated carbocycles. The number of hydrogen-bond acceptors (Lipinski definition) is 4. The first-order chi connectivity index (χ1) is 13.1. The monoisotopic (exact) mass is 361 g/mol. The maximum atomic E-state index is 13.3. The highest BCUT2D eigenvalue weighted by atomic mass is 16.5. The van der Waals surface area contributed by atoms with Gasteiger partial charge < -0.3 is 10.1 Å². The average molecular weight is 361 g/mol. The van der Waals surface area contributed by atoms with Crippen LogP contribution in [0.3, 0.4) is 0 Å². The van der Waals surface area contributed by atoms with Crippen molar-refractivity contribution in [1.29, 1.82) is 0 Å². The SMILES string of the molecule is COc1ccc(N2C(=O)C3=NCCNC(C)=C3C2c2ccc(C)cc2)cc1. The van der Waals surface area contributed by atoms with Gasteiger partial charge >= 0.3 is 0 Å². The molecule has 0 spiro atoms. The van der Waals surface area contributed by atoms with Crippen molar-refractivity contribution in [2.45, 2.75) is 19.9 Å². The van der Waals surface area contributed by atoms with Gasteiger partial charge in [0.1, 0.15) is 11.5 Å². The molecule has 2 aliphatic heterocycles. The number of anilines is 1. The van der Waals surface area contributed by atoms with Crippen LogP contribution >= 0.6 is 0 Å². The van der Waals surface area contributed by atoms with E-state index in [-0.39, 0.29) is 11.9 Å². The van der Waals surface area contributed by atoms with Crippen LogP contribution < -0.4 is 15.0 Å². The number of allylic oxidation sites excluding steroid dienone is 1. The van der Waals surface area contributed by atoms with Gasteiger partial charge in [0.05, 0.1) is 19.7 Å². The van der Waals surface area contributed by atoms with Crippen LogP contribution in [0.25, 0.3) is 0 Å². The zero-order valence-corrected chi connectivity index (χ0v) is 15.8. The summed E-state index contributed by atoms with van der Waals surface area (Å²) in [6.45, 7) is 5.44. The van der Waals surface area contributed by atoms with Crippen molar-refractivity contribution >= 4 is 17.3 Å². The molecular formula is C22H23N3O2. The Morgan fingerprint density at radius 1 is 1.07 bits per heavy atom. The van der Waals surface area contributed by atoms with Gasteiger partial charge in [-0.2, -0.15) is 0 Å². The van der Waals surface area contributed by atoms with Crippen molar-refractivity contribution in [1.82, 2.24) is 5.32 Å². The van der Waals surface area contributed by atoms with Gasteiger partial charge in [-0.3, -0.25) is 14.7 Å². The molecule has 2 aromatic carbocycles. The van der Waals surface area contributed by atoms with E-state index in [9.17, 15) is 4.79 Å². The molecule has 0 bridgehead atoms. The fourth-order valence-corrected chi connectivity index (χ4v) is 3.72. The number of carbonyl (C=O) groups excluding carboxylic acids is 1. The molecule has 2 aliphatic rings. The molecule has 5 heteroatoms. The molecule has 138 valence electrons. The fourth-order valence-electron chi connectivity index (χ4n) is 3.72. The van der Waals surface area contributed by atoms with Crippen LogP contribution in [0.5, 0.6) is 5.75 Å². The Morgan fingerprint density at radius 2 is 1.78 bits per heavy atom. The lowest BCUT2D eigenvalue weighted by Gasteiger charge is -2.26. The summed E-state index contributed by atoms with van der Waals surface area (Å²) in [5.41, 5.74) is 5.66. The van der Waals surface area contributed by atoms with E-state index in [1.807, 2.05) is 36.1 Å². The second-order valence-corrected chi connectivity index (χ2v) is 6.88. The molecule has 5 nitrogen and oxygen atoms in total. The molecule has 1 N–H and O–H groups in total. The Morgan fingerprint density at radius 3 is 2.44 bits per heavy atom. The van der Waals surface area contributed by atoms with Gasteiger partial charge in [0, 0.05) is 23.5 Å². The minimum Gasteiger partial charge on any atom is -0.497 e. The number of nitrogens with one attached hydrogen (secondary N) is 1. The summed E-state index contributed by atoms with van der Waals surface area (Å²) in [5.74, 6) is 0.713. The lowest BCUT2D eigenvalue weighted by atomic mass is 9.96. The molecule has 1 unspecified atom stereocenters. The normalized spacial score (nSPS) is 19.4. The van der Waals surface area contributed by atoms with Gasteiger partial charge in [0.2, 0.25) is 0 Å². The molecule has 1 amide bonds. The lowest BCUT2D eigenvalue weighted by Crippen LogP contribution is -2.30. The number of benzene rings is 2. The van der Waals surface area contributed by atoms with Crippen LogP contribution in [0.1, 0.15) is 24.1 Å². The largest absolute Gasteiger partial charge is 0.497 e. The summed E-state index contributed by atoms with van der Waals surface area (Å²) in [6.07, 6.45) is 0. The number of hydrogen-bond donors (Lipinski definition) is 1. The minimum absolute atomic E-state index is 0.0520. The summed E-state index contributed by atoms with van der Waals surface area (Å²) >= 11 is 0. The van der Waals surface area contributed by atoms with Crippen molar-refractivity contribution < 1.29 is 9.53 Å². The van der Waals surface area contributed by atoms with E-state index in [1.165, 1.54) is 5.56 Å². The van der Waals surface area contributed by atoms with E-state index in [0.717, 1.165) is 34.8 Å². The Kier molecular flexibility index (Phi) is 4.44. The van der Waals surface area contributed by atoms with Crippen molar-refractivity contribution in [3.8, 4) is 5.75 Å². The second kappa shape index (κ2) is 6.91. The number of rotatable bonds is 3. The number of aryl methyl sites for hydroxylation is 1. The lowest BCUT2D eigenvalue weighted by molar-refractivity contribution is -0.112. The maximum Gasteiger partial charge on any atom is 0.277 e. The number of amides is 1. The summed E-state index contributed by atoms with van der Waals surface area (Å²) in [7, 11) is 1.64. The van der Waals surface area contributed by atoms with E-state index >= 15 is 0 Å². The first-order valence-corrected chi connectivity index (χ1v) is 9.14. The number of methoxy groups -OCH3 is 1. The van der Waals surface area contributed by atoms with Gasteiger partial charge in [0.15, 0.2) is 0 Å². The smallest absolute Gasteiger partial charge is 0.277 e. The van der Waals surface area contributed by atoms with Crippen molar-refractivity contribution in [2.75, 3.05) is 25.1 Å². The number of ether oxygens (including phenoxy) is 1. The predicted octanol–water partition coefficient (Wildman–Crippen LogP) is 3.41. The molecule has 0 aliphatic carbocycles. The standard InChI is InChI=1S/C22H23N3O2/c1-14-4-6-16(7-5-14)21-19-15(2)23-12-13-24-20(19)22(26)25(21)17-8-10-18(27-3)11-9-17/h4-11,21,23H,12-13H2,1-3H3. The summed E-state index contributed by atoms with van der Waals surface area (Å²) in [5, 5.41) is 3.40. The molecule has 27 heavy (non-hydrogen) atoms. The molecule has 2 heterocycles. The zero-order chi connectivity index (χ0) is 19.0. The molecule has 1 saturated heterocycles. The summed E-state index contributed by atoms with van der Waals surface area (Å²) in [4.78, 5) is 19.8. The molecule has 0 aromatic heterocycles. The third-order valence-electron chi connectivity index (χ3n) is 5.13. The van der Waals surface area contributed by atoms with Gasteiger partial charge in [-0.05, 0) is 43.7 Å². The van der Waals surface area contributed by atoms with Gasteiger partial charge in [-0.15, -0.1) is 0 Å². The molecule has 1 fully saturated rings. The Labute approximate surface area is 159 Å². The van der Waals surface area contributed by atoms with Gasteiger partial charge in [-0.1, -0.05) is 29.8 Å². The first kappa shape index (κ1) is 17.3. The number of fused-ring (bicyclic) bond motifs is 1. The third-order valence-corrected chi connectivity index (χ3v) is 5.13. The number of nitrogens with zero attached hydrogens (tertiary/aromatic N) is 2. The van der Waals surface area contributed by atoms with Crippen LogP contribution in [0, 0.1) is 6.92 Å². The van der Waals surface area contributed by atoms with Crippen LogP contribution in [-0.4, -0.2) is 31.8 Å². The highest BCUT2D eigenvalue weighted by Crippen LogP contribution is 2.41. The Hall–Kier alpha value is -3.08. The Balaban J connectivity index is 1.89. The van der Waals surface area contributed by atoms with Gasteiger partial charge in [-0.25, -0.2) is 0 Å². The highest BCUT2D eigenvalue weighted by molar-refractivity contribution is 6.53. The van der Waals surface area contributed by atoms with Crippen molar-refractivity contribution in [3.05, 3.63) is 70.9 Å². The van der Waals surface area contributed by atoms with Gasteiger partial charge in [0.25, 0.3) is 5.91 Å². The molecule has 0 radical (unpaired) electrons. The van der Waals surface area contributed by atoms with Crippen molar-refractivity contribution in [2.24, 2.45) is 4.99 Å². The Bertz CT molecular complexity index is 927. The van der Waals surface area contributed by atoms with E-state index in [2.05, 4.69) is 41.5 Å². The van der Waals surface area contributed by atoms with E-state index in [1.54, 1.807) is 7.11 Å². The molecule has 4 rings (SSSR count). The molecule has 2 aromatic rings. The van der Waals surface area contributed by atoms with E-state index < -0.39 is 0 Å². The topological polar surface area (TPSA) is 53.9 Å². The van der Waals surface area contributed by atoms with Crippen LogP contribution in [0.4, 0.5) is 5.69 Å². The number of carbonyl (C=O) groups is 1. The quantitative estimate of drug-likeness (QED) is 0.911. The fraction of sp³-hybridized carbons (Fsp3) is 0.273. The maximum absolute atomic E-state index is 13.3. The second-order valence-electron chi connectivity index (χ2n) is 6.88. The number of aliphatic imine (C=N–C) groups is 1. The summed E-state index contributed by atoms with van der Waals surface area (Å²) in [6, 6.07) is 15.8. The van der Waals surface area contributed by atoms with E-state index in [0.29, 0.717) is 12.3 Å². The third kappa shape index (κ3) is 2.99. The molecule has 1 atom stereocenters. The average Bonchev–Trinajstić information content (AvgIpc) is 2.84. The van der Waals surface area contributed by atoms with Crippen LogP contribution in [0.15, 0.2) is 64.8 Å². The zero-order valence-electron chi connectivity index (χ0n) is 15.8. The summed E-state index contributed by atoms with van der Waals surface area (Å²) < 4.78 is 5.26. The predicted molar refractivity (Wildman–Crippen MR) is 107 cm³/mol. The van der Waals surface area contributed by atoms with Crippen LogP contribution in [-0.2, 0) is 4.79 Å². The minimum atomic E-state index is -0.198. The molecular weight excluding hydrogens is 338 g/mol. The first-order valence-electron chi connectivity index (χ1n) is 9.14. The highest BCUT2D eigenvalue weighted by Gasteiger charge is 2.44. The van der Waals surface area contributed by atoms with Crippen LogP contribution in [0.2, 0.25) is 0 Å². The van der Waals surface area contributed by atoms with Crippen molar-refractivity contribution in [3.63, 3.8) is 0 Å². The van der Waals surface area contributed by atoms with E-state index in [4.69, 9.17) is 4.74 Å².